The van der Waals surface area contributed by atoms with Gasteiger partial charge in [0.1, 0.15) is 0 Å². The van der Waals surface area contributed by atoms with Crippen LogP contribution in [0.15, 0.2) is 15.9 Å². The highest BCUT2D eigenvalue weighted by Gasteiger charge is 2.16. The molecule has 0 saturated heterocycles. The van der Waals surface area contributed by atoms with Crippen LogP contribution in [0.4, 0.5) is 0 Å². The van der Waals surface area contributed by atoms with Gasteiger partial charge in [-0.15, -0.1) is 11.3 Å². The van der Waals surface area contributed by atoms with Crippen molar-refractivity contribution >= 4 is 27.3 Å². The van der Waals surface area contributed by atoms with E-state index in [2.05, 4.69) is 53.6 Å². The summed E-state index contributed by atoms with van der Waals surface area (Å²) in [7, 11) is 2.07. The third kappa shape index (κ3) is 5.11. The molecule has 0 aliphatic carbocycles. The number of thiophene rings is 1. The van der Waals surface area contributed by atoms with Crippen molar-refractivity contribution in [3.8, 4) is 0 Å². The van der Waals surface area contributed by atoms with Crippen LogP contribution in [-0.4, -0.2) is 7.05 Å². The molecule has 3 heteroatoms. The summed E-state index contributed by atoms with van der Waals surface area (Å²) in [5, 5.41) is 5.64. The van der Waals surface area contributed by atoms with Gasteiger partial charge in [0.05, 0.1) is 0 Å². The minimum Gasteiger partial charge on any atom is -0.312 e. The van der Waals surface area contributed by atoms with E-state index in [0.29, 0.717) is 6.04 Å². The highest BCUT2D eigenvalue weighted by Crippen LogP contribution is 2.31. The van der Waals surface area contributed by atoms with Gasteiger partial charge in [-0.1, -0.05) is 39.5 Å². The van der Waals surface area contributed by atoms with E-state index in [4.69, 9.17) is 0 Å². The summed E-state index contributed by atoms with van der Waals surface area (Å²) >= 11 is 5.39. The van der Waals surface area contributed by atoms with Crippen molar-refractivity contribution < 1.29 is 0 Å². The van der Waals surface area contributed by atoms with Crippen LogP contribution in [0.3, 0.4) is 0 Å². The summed E-state index contributed by atoms with van der Waals surface area (Å²) in [6, 6.07) is 2.77. The molecule has 1 heterocycles. The minimum absolute atomic E-state index is 0.521. The maximum absolute atomic E-state index is 3.54. The Morgan fingerprint density at radius 1 is 1.41 bits per heavy atom. The fourth-order valence-electron chi connectivity index (χ4n) is 2.20. The Morgan fingerprint density at radius 2 is 2.18 bits per heavy atom. The monoisotopic (exact) mass is 317 g/mol. The molecule has 0 bridgehead atoms. The first-order valence-electron chi connectivity index (χ1n) is 6.62. The quantitative estimate of drug-likeness (QED) is 0.679. The molecule has 0 aliphatic heterocycles. The molecule has 1 rings (SSSR count). The molecule has 17 heavy (non-hydrogen) atoms. The zero-order valence-electron chi connectivity index (χ0n) is 11.1. The predicted octanol–water partition coefficient (Wildman–Crippen LogP) is 5.38. The Bertz CT molecular complexity index is 311. The molecule has 0 saturated carbocycles. The molecule has 0 spiro atoms. The molecule has 1 N–H and O–H groups in total. The van der Waals surface area contributed by atoms with E-state index in [-0.39, 0.29) is 0 Å². The van der Waals surface area contributed by atoms with Crippen molar-refractivity contribution in [2.45, 2.75) is 52.0 Å². The summed E-state index contributed by atoms with van der Waals surface area (Å²) in [6.07, 6.45) is 6.61. The third-order valence-electron chi connectivity index (χ3n) is 3.39. The lowest BCUT2D eigenvalue weighted by atomic mass is 9.91. The first-order chi connectivity index (χ1) is 8.21. The smallest absolute Gasteiger partial charge is 0.0415 e. The van der Waals surface area contributed by atoms with Crippen molar-refractivity contribution in [3.05, 3.63) is 20.8 Å². The van der Waals surface area contributed by atoms with Crippen molar-refractivity contribution in [2.75, 3.05) is 7.05 Å². The van der Waals surface area contributed by atoms with Crippen LogP contribution in [-0.2, 0) is 0 Å². The van der Waals surface area contributed by atoms with Crippen LogP contribution in [0.5, 0.6) is 0 Å². The number of hydrogen-bond acceptors (Lipinski definition) is 2. The lowest BCUT2D eigenvalue weighted by Crippen LogP contribution is -2.19. The average molecular weight is 318 g/mol. The van der Waals surface area contributed by atoms with Gasteiger partial charge in [0, 0.05) is 20.8 Å². The third-order valence-corrected chi connectivity index (χ3v) is 5.20. The number of unbranched alkanes of at least 4 members (excludes halogenated alkanes) is 1. The van der Waals surface area contributed by atoms with E-state index in [0.717, 1.165) is 5.92 Å². The Hall–Kier alpha value is 0.140. The first-order valence-corrected chi connectivity index (χ1v) is 8.29. The van der Waals surface area contributed by atoms with Gasteiger partial charge in [-0.25, -0.2) is 0 Å². The van der Waals surface area contributed by atoms with Gasteiger partial charge in [-0.2, -0.15) is 0 Å². The summed E-state index contributed by atoms with van der Waals surface area (Å²) in [5.41, 5.74) is 0. The van der Waals surface area contributed by atoms with Gasteiger partial charge in [-0.05, 0) is 41.4 Å². The molecule has 0 aliphatic rings. The van der Waals surface area contributed by atoms with E-state index in [1.54, 1.807) is 0 Å². The van der Waals surface area contributed by atoms with Gasteiger partial charge in [0.2, 0.25) is 0 Å². The maximum atomic E-state index is 3.54. The van der Waals surface area contributed by atoms with Crippen molar-refractivity contribution in [2.24, 2.45) is 5.92 Å². The van der Waals surface area contributed by atoms with Gasteiger partial charge in [0.15, 0.2) is 0 Å². The molecule has 0 radical (unpaired) electrons. The molecule has 1 aromatic rings. The SMILES string of the molecule is CCCCC(CC)CC(NC)c1cc(Br)cs1. The highest BCUT2D eigenvalue weighted by atomic mass is 79.9. The fourth-order valence-corrected chi connectivity index (χ4v) is 3.77. The van der Waals surface area contributed by atoms with E-state index in [9.17, 15) is 0 Å². The van der Waals surface area contributed by atoms with Gasteiger partial charge < -0.3 is 5.32 Å². The summed E-state index contributed by atoms with van der Waals surface area (Å²) in [5.74, 6) is 0.855. The maximum Gasteiger partial charge on any atom is 0.0415 e. The normalized spacial score (nSPS) is 14.8. The number of rotatable bonds is 8. The van der Waals surface area contributed by atoms with Gasteiger partial charge in [0.25, 0.3) is 0 Å². The molecule has 0 aromatic carbocycles. The van der Waals surface area contributed by atoms with E-state index in [1.165, 1.54) is 41.5 Å². The zero-order chi connectivity index (χ0) is 12.7. The zero-order valence-corrected chi connectivity index (χ0v) is 13.5. The Balaban J connectivity index is 2.55. The fraction of sp³-hybridized carbons (Fsp3) is 0.714. The first kappa shape index (κ1) is 15.2. The molecule has 98 valence electrons. The number of halogens is 1. The predicted molar refractivity (Wildman–Crippen MR) is 81.7 cm³/mol. The van der Waals surface area contributed by atoms with Gasteiger partial charge >= 0.3 is 0 Å². The Morgan fingerprint density at radius 3 is 2.65 bits per heavy atom. The second kappa shape index (κ2) is 8.28. The van der Waals surface area contributed by atoms with Crippen LogP contribution < -0.4 is 5.32 Å². The number of hydrogen-bond donors (Lipinski definition) is 1. The minimum atomic E-state index is 0.521. The summed E-state index contributed by atoms with van der Waals surface area (Å²) in [6.45, 7) is 4.59. The molecule has 2 unspecified atom stereocenters. The molecule has 1 nitrogen and oxygen atoms in total. The summed E-state index contributed by atoms with van der Waals surface area (Å²) < 4.78 is 1.21. The van der Waals surface area contributed by atoms with E-state index >= 15 is 0 Å². The van der Waals surface area contributed by atoms with Crippen LogP contribution in [0.1, 0.15) is 56.9 Å². The lowest BCUT2D eigenvalue weighted by molar-refractivity contribution is 0.367. The molecular formula is C14H24BrNS. The van der Waals surface area contributed by atoms with Crippen molar-refractivity contribution in [3.63, 3.8) is 0 Å². The number of nitrogens with one attached hydrogen (secondary N) is 1. The second-order valence-corrected chi connectivity index (χ2v) is 6.52. The van der Waals surface area contributed by atoms with Crippen LogP contribution in [0.25, 0.3) is 0 Å². The lowest BCUT2D eigenvalue weighted by Gasteiger charge is -2.21. The molecule has 1 aromatic heterocycles. The van der Waals surface area contributed by atoms with E-state index in [1.807, 2.05) is 11.3 Å². The Labute approximate surface area is 118 Å². The highest BCUT2D eigenvalue weighted by molar-refractivity contribution is 9.10. The largest absolute Gasteiger partial charge is 0.312 e. The molecule has 0 fully saturated rings. The summed E-state index contributed by atoms with van der Waals surface area (Å²) in [4.78, 5) is 1.45. The van der Waals surface area contributed by atoms with Crippen LogP contribution in [0, 0.1) is 5.92 Å². The molecular weight excluding hydrogens is 294 g/mol. The second-order valence-electron chi connectivity index (χ2n) is 4.66. The average Bonchev–Trinajstić information content (AvgIpc) is 2.76. The van der Waals surface area contributed by atoms with Crippen LogP contribution >= 0.6 is 27.3 Å². The standard InChI is InChI=1S/C14H24BrNS/c1-4-6-7-11(5-2)8-13(16-3)14-9-12(15)10-17-14/h9-11,13,16H,4-8H2,1-3H3. The van der Waals surface area contributed by atoms with Crippen molar-refractivity contribution in [1.82, 2.24) is 5.32 Å². The van der Waals surface area contributed by atoms with Crippen molar-refractivity contribution in [1.29, 1.82) is 0 Å². The topological polar surface area (TPSA) is 12.0 Å². The molecule has 0 amide bonds. The van der Waals surface area contributed by atoms with Gasteiger partial charge in [-0.3, -0.25) is 0 Å². The van der Waals surface area contributed by atoms with E-state index < -0.39 is 0 Å². The Kier molecular flexibility index (Phi) is 7.40. The van der Waals surface area contributed by atoms with Crippen LogP contribution in [0.2, 0.25) is 0 Å². The molecule has 2 atom stereocenters.